The number of ether oxygens (including phenoxy) is 1. The van der Waals surface area contributed by atoms with E-state index in [4.69, 9.17) is 4.74 Å². The second-order valence-electron chi connectivity index (χ2n) is 6.84. The third-order valence-corrected chi connectivity index (χ3v) is 3.49. The predicted octanol–water partition coefficient (Wildman–Crippen LogP) is 1.89. The van der Waals surface area contributed by atoms with Crippen molar-refractivity contribution in [3.63, 3.8) is 0 Å². The lowest BCUT2D eigenvalue weighted by Gasteiger charge is -2.28. The van der Waals surface area contributed by atoms with Gasteiger partial charge in [-0.25, -0.2) is 13.8 Å². The molecular weight excluding hydrogens is 302 g/mol. The van der Waals surface area contributed by atoms with Crippen molar-refractivity contribution >= 4 is 5.82 Å². The van der Waals surface area contributed by atoms with Crippen LogP contribution in [-0.2, 0) is 0 Å². The Hall–Kier alpha value is -1.47. The van der Waals surface area contributed by atoms with E-state index >= 15 is 0 Å². The fourth-order valence-electron chi connectivity index (χ4n) is 2.17. The summed E-state index contributed by atoms with van der Waals surface area (Å²) < 4.78 is 32.8. The molecule has 1 saturated heterocycles. The van der Waals surface area contributed by atoms with Crippen LogP contribution in [0.2, 0.25) is 0 Å². The highest BCUT2D eigenvalue weighted by Gasteiger charge is 2.31. The van der Waals surface area contributed by atoms with E-state index in [1.807, 2.05) is 26.8 Å². The molecule has 23 heavy (non-hydrogen) atoms. The molecule has 7 heteroatoms. The predicted molar refractivity (Wildman–Crippen MR) is 87.5 cm³/mol. The summed E-state index contributed by atoms with van der Waals surface area (Å²) in [6, 6.07) is 3.50. The van der Waals surface area contributed by atoms with Crippen LogP contribution in [0.15, 0.2) is 18.3 Å². The Labute approximate surface area is 136 Å². The van der Waals surface area contributed by atoms with E-state index in [0.717, 1.165) is 32.0 Å². The lowest BCUT2D eigenvalue weighted by atomic mass is 10.1. The highest BCUT2D eigenvalue weighted by Crippen LogP contribution is 2.20. The summed E-state index contributed by atoms with van der Waals surface area (Å²) in [6.45, 7) is 8.11. The molecular formula is C16H26F2N4O. The van der Waals surface area contributed by atoms with E-state index in [0.29, 0.717) is 5.75 Å². The fourth-order valence-corrected chi connectivity index (χ4v) is 2.17. The van der Waals surface area contributed by atoms with Gasteiger partial charge in [0.15, 0.2) is 6.61 Å². The first kappa shape index (κ1) is 17.9. The molecule has 2 heterocycles. The van der Waals surface area contributed by atoms with Gasteiger partial charge in [-0.2, -0.15) is 0 Å². The number of anilines is 1. The number of piperazine rings is 1. The van der Waals surface area contributed by atoms with Crippen LogP contribution < -0.4 is 20.3 Å². The average Bonchev–Trinajstić information content (AvgIpc) is 2.52. The van der Waals surface area contributed by atoms with Gasteiger partial charge in [0.1, 0.15) is 11.6 Å². The number of pyridine rings is 1. The molecule has 5 nitrogen and oxygen atoms in total. The lowest BCUT2D eigenvalue weighted by molar-refractivity contribution is -0.0429. The molecule has 130 valence electrons. The molecule has 1 aliphatic heterocycles. The van der Waals surface area contributed by atoms with Crippen molar-refractivity contribution in [2.45, 2.75) is 32.2 Å². The number of nitrogens with one attached hydrogen (secondary N) is 2. The van der Waals surface area contributed by atoms with E-state index in [9.17, 15) is 8.78 Å². The van der Waals surface area contributed by atoms with Gasteiger partial charge < -0.3 is 20.3 Å². The largest absolute Gasteiger partial charge is 0.486 e. The van der Waals surface area contributed by atoms with Crippen LogP contribution in [0.25, 0.3) is 0 Å². The Kier molecular flexibility index (Phi) is 5.75. The molecule has 1 aliphatic rings. The van der Waals surface area contributed by atoms with Crippen LogP contribution >= 0.6 is 0 Å². The van der Waals surface area contributed by atoms with Crippen LogP contribution in [0.3, 0.4) is 0 Å². The number of rotatable bonds is 6. The van der Waals surface area contributed by atoms with Gasteiger partial charge in [-0.05, 0) is 32.9 Å². The van der Waals surface area contributed by atoms with Gasteiger partial charge in [0.2, 0.25) is 0 Å². The lowest BCUT2D eigenvalue weighted by Crippen LogP contribution is -2.46. The minimum atomic E-state index is -2.93. The Morgan fingerprint density at radius 2 is 1.96 bits per heavy atom. The smallest absolute Gasteiger partial charge is 0.293 e. The van der Waals surface area contributed by atoms with Crippen LogP contribution in [0.5, 0.6) is 5.75 Å². The van der Waals surface area contributed by atoms with Crippen molar-refractivity contribution in [2.24, 2.45) is 0 Å². The number of hydrogen-bond acceptors (Lipinski definition) is 5. The monoisotopic (exact) mass is 328 g/mol. The van der Waals surface area contributed by atoms with Crippen molar-refractivity contribution in [3.8, 4) is 5.75 Å². The number of nitrogens with zero attached hydrogens (tertiary/aromatic N) is 2. The van der Waals surface area contributed by atoms with Crippen LogP contribution in [0.1, 0.15) is 20.8 Å². The van der Waals surface area contributed by atoms with E-state index in [-0.39, 0.29) is 5.54 Å². The summed E-state index contributed by atoms with van der Waals surface area (Å²) in [5, 5.41) is 6.06. The zero-order valence-electron chi connectivity index (χ0n) is 14.0. The maximum Gasteiger partial charge on any atom is 0.293 e. The third-order valence-electron chi connectivity index (χ3n) is 3.49. The van der Waals surface area contributed by atoms with Crippen molar-refractivity contribution in [3.05, 3.63) is 18.3 Å². The highest BCUT2D eigenvalue weighted by molar-refractivity contribution is 5.41. The Balaban J connectivity index is 1.83. The van der Waals surface area contributed by atoms with Crippen molar-refractivity contribution in [2.75, 3.05) is 44.2 Å². The molecule has 0 spiro atoms. The molecule has 0 saturated carbocycles. The quantitative estimate of drug-likeness (QED) is 0.835. The molecule has 0 radical (unpaired) electrons. The topological polar surface area (TPSA) is 49.4 Å². The molecule has 1 aromatic heterocycles. The minimum Gasteiger partial charge on any atom is -0.486 e. The van der Waals surface area contributed by atoms with Crippen LogP contribution in [0, 0.1) is 0 Å². The van der Waals surface area contributed by atoms with E-state index < -0.39 is 19.1 Å². The summed E-state index contributed by atoms with van der Waals surface area (Å²) in [5.74, 6) is -1.72. The number of aromatic nitrogens is 1. The van der Waals surface area contributed by atoms with Gasteiger partial charge in [-0.1, -0.05) is 0 Å². The second-order valence-corrected chi connectivity index (χ2v) is 6.84. The average molecular weight is 328 g/mol. The Morgan fingerprint density at radius 3 is 2.52 bits per heavy atom. The standard InChI is InChI=1S/C16H26F2N4O/c1-15(2,3)21-11-16(17,18)12-23-13-4-5-14(20-10-13)22-8-6-19-7-9-22/h4-5,10,19,21H,6-9,11-12H2,1-3H3. The number of alkyl halides is 2. The molecule has 2 rings (SSSR count). The molecule has 2 N–H and O–H groups in total. The summed E-state index contributed by atoms with van der Waals surface area (Å²) >= 11 is 0. The molecule has 0 bridgehead atoms. The normalized spacial score (nSPS) is 16.5. The maximum atomic E-state index is 13.8. The SMILES string of the molecule is CC(C)(C)NCC(F)(F)COc1ccc(N2CCNCC2)nc1. The zero-order chi connectivity index (χ0) is 16.9. The number of hydrogen-bond donors (Lipinski definition) is 2. The van der Waals surface area contributed by atoms with Gasteiger partial charge in [-0.15, -0.1) is 0 Å². The van der Waals surface area contributed by atoms with Crippen molar-refractivity contribution < 1.29 is 13.5 Å². The zero-order valence-corrected chi connectivity index (χ0v) is 14.0. The van der Waals surface area contributed by atoms with Gasteiger partial charge in [0, 0.05) is 31.7 Å². The minimum absolute atomic E-state index is 0.351. The molecule has 1 fully saturated rings. The van der Waals surface area contributed by atoms with E-state index in [1.54, 1.807) is 6.07 Å². The van der Waals surface area contributed by atoms with Gasteiger partial charge in [-0.3, -0.25) is 0 Å². The van der Waals surface area contributed by atoms with Gasteiger partial charge in [0.25, 0.3) is 5.92 Å². The molecule has 0 aromatic carbocycles. The summed E-state index contributed by atoms with van der Waals surface area (Å²) in [5.41, 5.74) is -0.351. The Morgan fingerprint density at radius 1 is 1.26 bits per heavy atom. The fraction of sp³-hybridized carbons (Fsp3) is 0.688. The van der Waals surface area contributed by atoms with Gasteiger partial charge in [0.05, 0.1) is 12.7 Å². The highest BCUT2D eigenvalue weighted by atomic mass is 19.3. The van der Waals surface area contributed by atoms with Gasteiger partial charge >= 0.3 is 0 Å². The first-order valence-corrected chi connectivity index (χ1v) is 7.93. The molecule has 0 atom stereocenters. The Bertz CT molecular complexity index is 482. The summed E-state index contributed by atoms with van der Waals surface area (Å²) in [6.07, 6.45) is 1.50. The molecule has 0 amide bonds. The molecule has 0 aliphatic carbocycles. The van der Waals surface area contributed by atoms with Crippen molar-refractivity contribution in [1.29, 1.82) is 0 Å². The third kappa shape index (κ3) is 6.27. The van der Waals surface area contributed by atoms with Crippen LogP contribution in [-0.4, -0.2) is 55.8 Å². The van der Waals surface area contributed by atoms with Crippen LogP contribution in [0.4, 0.5) is 14.6 Å². The molecule has 1 aromatic rings. The van der Waals surface area contributed by atoms with Crippen molar-refractivity contribution in [1.82, 2.24) is 15.6 Å². The second kappa shape index (κ2) is 7.40. The first-order valence-electron chi connectivity index (χ1n) is 7.93. The van der Waals surface area contributed by atoms with E-state index in [2.05, 4.69) is 20.5 Å². The van der Waals surface area contributed by atoms with E-state index in [1.165, 1.54) is 6.20 Å². The number of halogens is 2. The first-order chi connectivity index (χ1) is 10.8. The summed E-state index contributed by atoms with van der Waals surface area (Å²) in [7, 11) is 0. The molecule has 0 unspecified atom stereocenters. The summed E-state index contributed by atoms with van der Waals surface area (Å²) in [4.78, 5) is 6.46. The maximum absolute atomic E-state index is 13.8.